The molecule has 2 aliphatic heterocycles. The molecule has 3 aromatic rings. The number of nitrogens with zero attached hydrogens (tertiary/aromatic N) is 2. The molecule has 2 saturated heterocycles. The monoisotopic (exact) mass is 502 g/mol. The topological polar surface area (TPSA) is 74.3 Å². The summed E-state index contributed by atoms with van der Waals surface area (Å²) in [5.41, 5.74) is 4.51. The first-order valence-electron chi connectivity index (χ1n) is 13.0. The lowest BCUT2D eigenvalue weighted by atomic mass is 10.0. The zero-order valence-corrected chi connectivity index (χ0v) is 21.4. The van der Waals surface area contributed by atoms with Gasteiger partial charge < -0.3 is 15.5 Å². The first-order valence-corrected chi connectivity index (χ1v) is 13.8. The highest BCUT2D eigenvalue weighted by molar-refractivity contribution is 7.13. The molecule has 0 unspecified atom stereocenters. The van der Waals surface area contributed by atoms with Gasteiger partial charge in [-0.3, -0.25) is 9.59 Å². The van der Waals surface area contributed by atoms with E-state index in [1.807, 2.05) is 11.6 Å². The number of nitrogens with one attached hydrogen (secondary N) is 2. The minimum absolute atomic E-state index is 0.0222. The molecule has 2 aliphatic rings. The van der Waals surface area contributed by atoms with E-state index in [1.54, 1.807) is 11.3 Å². The Morgan fingerprint density at radius 3 is 1.64 bits per heavy atom. The minimum atomic E-state index is 0.0222. The molecule has 7 heteroatoms. The molecule has 0 spiro atoms. The molecule has 2 N–H and O–H groups in total. The van der Waals surface area contributed by atoms with Gasteiger partial charge in [0.1, 0.15) is 0 Å². The lowest BCUT2D eigenvalue weighted by molar-refractivity contribution is -0.120. The van der Waals surface area contributed by atoms with Gasteiger partial charge in [0.05, 0.1) is 12.1 Å². The van der Waals surface area contributed by atoms with Gasteiger partial charge in [-0.1, -0.05) is 48.5 Å². The summed E-state index contributed by atoms with van der Waals surface area (Å²) in [5.74, 6) is 0.573. The molecule has 0 bridgehead atoms. The summed E-state index contributed by atoms with van der Waals surface area (Å²) >= 11 is 1.63. The van der Waals surface area contributed by atoms with E-state index in [9.17, 15) is 9.59 Å². The van der Waals surface area contributed by atoms with Crippen molar-refractivity contribution in [2.45, 2.75) is 63.7 Å². The molecule has 0 radical (unpaired) electrons. The van der Waals surface area contributed by atoms with Gasteiger partial charge in [0, 0.05) is 37.5 Å². The van der Waals surface area contributed by atoms with Gasteiger partial charge in [0.2, 0.25) is 0 Å². The van der Waals surface area contributed by atoms with E-state index in [1.165, 1.54) is 11.1 Å². The van der Waals surface area contributed by atoms with E-state index in [0.29, 0.717) is 12.8 Å². The van der Waals surface area contributed by atoms with E-state index >= 15 is 0 Å². The van der Waals surface area contributed by atoms with Crippen LogP contribution in [0.2, 0.25) is 0 Å². The number of ketones is 2. The second kappa shape index (κ2) is 11.9. The molecule has 5 rings (SSSR count). The number of hydrogen-bond donors (Lipinski definition) is 2. The Kier molecular flexibility index (Phi) is 8.21. The second-order valence-electron chi connectivity index (χ2n) is 9.89. The SMILES string of the molecule is O=C(Cc1ccc(CN(Cc2ccc(CC(=O)[C@@H]3CCCN3)cc2)c2nccs2)cc1)[C@@H]1CCCN1. The van der Waals surface area contributed by atoms with Gasteiger partial charge in [-0.15, -0.1) is 11.3 Å². The molecule has 0 aliphatic carbocycles. The van der Waals surface area contributed by atoms with E-state index in [0.717, 1.165) is 68.1 Å². The highest BCUT2D eigenvalue weighted by atomic mass is 32.1. The van der Waals surface area contributed by atoms with Gasteiger partial charge in [0.25, 0.3) is 0 Å². The molecule has 2 aromatic carbocycles. The van der Waals surface area contributed by atoms with Crippen LogP contribution < -0.4 is 15.5 Å². The molecular formula is C29H34N4O2S. The van der Waals surface area contributed by atoms with Crippen molar-refractivity contribution < 1.29 is 9.59 Å². The van der Waals surface area contributed by atoms with Crippen LogP contribution in [0, 0.1) is 0 Å². The number of benzene rings is 2. The number of carbonyl (C=O) groups excluding carboxylic acids is 2. The Morgan fingerprint density at radius 1 is 0.778 bits per heavy atom. The molecular weight excluding hydrogens is 468 g/mol. The van der Waals surface area contributed by atoms with Crippen LogP contribution in [-0.4, -0.2) is 41.7 Å². The number of rotatable bonds is 11. The summed E-state index contributed by atoms with van der Waals surface area (Å²) in [6.07, 6.45) is 6.88. The summed E-state index contributed by atoms with van der Waals surface area (Å²) < 4.78 is 0. The Bertz CT molecular complexity index is 1060. The van der Waals surface area contributed by atoms with Crippen molar-refractivity contribution in [2.24, 2.45) is 0 Å². The Morgan fingerprint density at radius 2 is 1.25 bits per heavy atom. The number of aromatic nitrogens is 1. The largest absolute Gasteiger partial charge is 0.339 e. The molecule has 2 atom stereocenters. The summed E-state index contributed by atoms with van der Waals surface area (Å²) in [6, 6.07) is 16.8. The molecule has 2 fully saturated rings. The van der Waals surface area contributed by atoms with E-state index in [-0.39, 0.29) is 23.7 Å². The lowest BCUT2D eigenvalue weighted by Gasteiger charge is -2.22. The fourth-order valence-electron chi connectivity index (χ4n) is 5.10. The number of Topliss-reactive ketones (excluding diaryl/α,β-unsaturated/α-hetero) is 2. The van der Waals surface area contributed by atoms with Crippen LogP contribution in [0.5, 0.6) is 0 Å². The number of thiazole rings is 1. The predicted octanol–water partition coefficient (Wildman–Crippen LogP) is 4.08. The van der Waals surface area contributed by atoms with Crippen molar-refractivity contribution in [3.8, 4) is 0 Å². The predicted molar refractivity (Wildman–Crippen MR) is 144 cm³/mol. The maximum atomic E-state index is 12.5. The fraction of sp³-hybridized carbons (Fsp3) is 0.414. The van der Waals surface area contributed by atoms with Crippen molar-refractivity contribution >= 4 is 28.0 Å². The zero-order valence-electron chi connectivity index (χ0n) is 20.6. The summed E-state index contributed by atoms with van der Waals surface area (Å²) in [5, 5.41) is 9.57. The molecule has 1 aromatic heterocycles. The first-order chi connectivity index (χ1) is 17.6. The quantitative estimate of drug-likeness (QED) is 0.412. The highest BCUT2D eigenvalue weighted by Crippen LogP contribution is 2.23. The van der Waals surface area contributed by atoms with E-state index in [2.05, 4.69) is 69.0 Å². The average molecular weight is 503 g/mol. The smallest absolute Gasteiger partial charge is 0.185 e. The molecule has 3 heterocycles. The van der Waals surface area contributed by atoms with Gasteiger partial charge in [0.15, 0.2) is 16.7 Å². The minimum Gasteiger partial charge on any atom is -0.339 e. The maximum Gasteiger partial charge on any atom is 0.185 e. The third-order valence-corrected chi connectivity index (χ3v) is 7.97. The molecule has 0 amide bonds. The van der Waals surface area contributed by atoms with Crippen molar-refractivity contribution in [1.82, 2.24) is 15.6 Å². The molecule has 0 saturated carbocycles. The fourth-order valence-corrected chi connectivity index (χ4v) is 5.74. The average Bonchev–Trinajstić information content (AvgIpc) is 3.69. The van der Waals surface area contributed by atoms with Gasteiger partial charge >= 0.3 is 0 Å². The zero-order chi connectivity index (χ0) is 24.7. The summed E-state index contributed by atoms with van der Waals surface area (Å²) in [7, 11) is 0. The standard InChI is InChI=1S/C29H34N4O2S/c34-27(25-3-1-13-30-25)17-21-5-9-23(10-6-21)19-33(29-32-15-16-36-29)20-24-11-7-22(8-12-24)18-28(35)26-4-2-14-31-26/h5-12,15-16,25-26,30-31H,1-4,13-14,17-20H2/t25-,26-/m0/s1. The maximum absolute atomic E-state index is 12.5. The second-order valence-corrected chi connectivity index (χ2v) is 10.8. The lowest BCUT2D eigenvalue weighted by Crippen LogP contribution is -2.31. The molecule has 6 nitrogen and oxygen atoms in total. The number of hydrogen-bond acceptors (Lipinski definition) is 7. The van der Waals surface area contributed by atoms with Crippen LogP contribution in [0.15, 0.2) is 60.1 Å². The Labute approximate surface area is 217 Å². The van der Waals surface area contributed by atoms with Crippen molar-refractivity contribution in [2.75, 3.05) is 18.0 Å². The third kappa shape index (κ3) is 6.46. The van der Waals surface area contributed by atoms with Gasteiger partial charge in [-0.2, -0.15) is 0 Å². The van der Waals surface area contributed by atoms with Crippen LogP contribution in [0.4, 0.5) is 5.13 Å². The Hall–Kier alpha value is -2.87. The van der Waals surface area contributed by atoms with Gasteiger partial charge in [-0.25, -0.2) is 4.98 Å². The summed E-state index contributed by atoms with van der Waals surface area (Å²) in [6.45, 7) is 3.36. The molecule has 188 valence electrons. The van der Waals surface area contributed by atoms with Crippen molar-refractivity contribution in [3.63, 3.8) is 0 Å². The van der Waals surface area contributed by atoms with Crippen LogP contribution in [0.1, 0.15) is 47.9 Å². The highest BCUT2D eigenvalue weighted by Gasteiger charge is 2.23. The number of carbonyl (C=O) groups is 2. The Balaban J connectivity index is 1.20. The van der Waals surface area contributed by atoms with Crippen LogP contribution in [-0.2, 0) is 35.5 Å². The number of anilines is 1. The molecule has 36 heavy (non-hydrogen) atoms. The van der Waals surface area contributed by atoms with Crippen LogP contribution in [0.3, 0.4) is 0 Å². The summed E-state index contributed by atoms with van der Waals surface area (Å²) in [4.78, 5) is 31.8. The van der Waals surface area contributed by atoms with Crippen LogP contribution in [0.25, 0.3) is 0 Å². The van der Waals surface area contributed by atoms with E-state index in [4.69, 9.17) is 0 Å². The van der Waals surface area contributed by atoms with Crippen LogP contribution >= 0.6 is 11.3 Å². The van der Waals surface area contributed by atoms with Gasteiger partial charge in [-0.05, 0) is 61.0 Å². The van der Waals surface area contributed by atoms with E-state index < -0.39 is 0 Å². The van der Waals surface area contributed by atoms with Crippen molar-refractivity contribution in [1.29, 1.82) is 0 Å². The van der Waals surface area contributed by atoms with Crippen molar-refractivity contribution in [3.05, 3.63) is 82.4 Å². The first kappa shape index (κ1) is 24.8. The third-order valence-electron chi connectivity index (χ3n) is 7.14. The normalized spacial score (nSPS) is 19.4.